The van der Waals surface area contributed by atoms with Crippen LogP contribution >= 0.6 is 0 Å². The molecule has 2 aliphatic rings. The molecule has 68 valence electrons. The molecular formula is C11H13NO. The first-order valence-corrected chi connectivity index (χ1v) is 4.81. The van der Waals surface area contributed by atoms with Gasteiger partial charge in [0.25, 0.3) is 0 Å². The van der Waals surface area contributed by atoms with E-state index in [1.54, 1.807) is 0 Å². The molecule has 0 amide bonds. The minimum absolute atomic E-state index is 0.155. The van der Waals surface area contributed by atoms with Crippen molar-refractivity contribution >= 4 is 5.69 Å². The molecule has 1 N–H and O–H groups in total. The fourth-order valence-electron chi connectivity index (χ4n) is 1.81. The van der Waals surface area contributed by atoms with E-state index in [9.17, 15) is 0 Å². The van der Waals surface area contributed by atoms with Crippen molar-refractivity contribution < 1.29 is 4.74 Å². The molecule has 1 spiro atoms. The number of ether oxygens (including phenoxy) is 1. The second-order valence-corrected chi connectivity index (χ2v) is 4.14. The van der Waals surface area contributed by atoms with Crippen molar-refractivity contribution in [3.8, 4) is 5.75 Å². The van der Waals surface area contributed by atoms with Gasteiger partial charge in [0.1, 0.15) is 11.4 Å². The molecule has 1 saturated carbocycles. The van der Waals surface area contributed by atoms with Crippen molar-refractivity contribution in [3.05, 3.63) is 23.8 Å². The Morgan fingerprint density at radius 1 is 1.38 bits per heavy atom. The predicted molar refractivity (Wildman–Crippen MR) is 52.3 cm³/mol. The van der Waals surface area contributed by atoms with E-state index in [1.165, 1.54) is 18.4 Å². The van der Waals surface area contributed by atoms with Crippen molar-refractivity contribution in [2.24, 2.45) is 0 Å². The summed E-state index contributed by atoms with van der Waals surface area (Å²) in [5.74, 6) is 1.02. The number of hydrogen-bond acceptors (Lipinski definition) is 2. The molecule has 2 nitrogen and oxygen atoms in total. The average molecular weight is 175 g/mol. The Labute approximate surface area is 77.9 Å². The summed E-state index contributed by atoms with van der Waals surface area (Å²) >= 11 is 0. The molecule has 1 aromatic rings. The van der Waals surface area contributed by atoms with E-state index in [4.69, 9.17) is 4.74 Å². The van der Waals surface area contributed by atoms with Crippen LogP contribution in [0.25, 0.3) is 0 Å². The maximum Gasteiger partial charge on any atom is 0.143 e. The first kappa shape index (κ1) is 7.25. The normalized spacial score (nSPS) is 21.6. The van der Waals surface area contributed by atoms with Crippen molar-refractivity contribution in [1.29, 1.82) is 0 Å². The van der Waals surface area contributed by atoms with Crippen LogP contribution in [0.4, 0.5) is 5.69 Å². The van der Waals surface area contributed by atoms with Crippen LogP contribution in [0.15, 0.2) is 18.2 Å². The van der Waals surface area contributed by atoms with Crippen LogP contribution < -0.4 is 10.1 Å². The first-order chi connectivity index (χ1) is 6.27. The van der Waals surface area contributed by atoms with E-state index < -0.39 is 0 Å². The van der Waals surface area contributed by atoms with Crippen LogP contribution in [0.3, 0.4) is 0 Å². The summed E-state index contributed by atoms with van der Waals surface area (Å²) in [4.78, 5) is 0. The molecule has 0 bridgehead atoms. The maximum atomic E-state index is 5.92. The number of anilines is 1. The Kier molecular flexibility index (Phi) is 1.22. The Morgan fingerprint density at radius 3 is 3.00 bits per heavy atom. The molecule has 1 fully saturated rings. The quantitative estimate of drug-likeness (QED) is 0.653. The number of benzene rings is 1. The van der Waals surface area contributed by atoms with Gasteiger partial charge in [0, 0.05) is 0 Å². The maximum absolute atomic E-state index is 5.92. The predicted octanol–water partition coefficient (Wildman–Crippen LogP) is 2.33. The smallest absolute Gasteiger partial charge is 0.143 e. The number of hydrogen-bond donors (Lipinski definition) is 1. The lowest BCUT2D eigenvalue weighted by Crippen LogP contribution is -2.32. The molecule has 1 heterocycles. The summed E-state index contributed by atoms with van der Waals surface area (Å²) < 4.78 is 5.92. The highest BCUT2D eigenvalue weighted by molar-refractivity contribution is 5.60. The summed E-state index contributed by atoms with van der Waals surface area (Å²) in [5.41, 5.74) is 2.58. The molecule has 1 aromatic carbocycles. The van der Waals surface area contributed by atoms with Gasteiger partial charge in [0.05, 0.1) is 12.2 Å². The second-order valence-electron chi connectivity index (χ2n) is 4.14. The van der Waals surface area contributed by atoms with E-state index in [1.807, 2.05) is 0 Å². The van der Waals surface area contributed by atoms with Gasteiger partial charge >= 0.3 is 0 Å². The monoisotopic (exact) mass is 175 g/mol. The van der Waals surface area contributed by atoms with Gasteiger partial charge in [-0.3, -0.25) is 0 Å². The zero-order valence-electron chi connectivity index (χ0n) is 7.76. The summed E-state index contributed by atoms with van der Waals surface area (Å²) in [7, 11) is 0. The molecule has 0 atom stereocenters. The molecule has 2 heteroatoms. The Hall–Kier alpha value is -1.18. The largest absolute Gasteiger partial charge is 0.483 e. The van der Waals surface area contributed by atoms with Crippen LogP contribution in [0.2, 0.25) is 0 Å². The van der Waals surface area contributed by atoms with Gasteiger partial charge in [-0.05, 0) is 37.5 Å². The molecule has 0 aromatic heterocycles. The third kappa shape index (κ3) is 1.09. The lowest BCUT2D eigenvalue weighted by molar-refractivity contribution is 0.184. The molecular weight excluding hydrogens is 162 g/mol. The van der Waals surface area contributed by atoms with Gasteiger partial charge in [-0.15, -0.1) is 0 Å². The van der Waals surface area contributed by atoms with Gasteiger partial charge in [0.15, 0.2) is 0 Å². The van der Waals surface area contributed by atoms with E-state index in [0.29, 0.717) is 0 Å². The van der Waals surface area contributed by atoms with Crippen LogP contribution in [0, 0.1) is 6.92 Å². The Balaban J connectivity index is 2.00. The fourth-order valence-corrected chi connectivity index (χ4v) is 1.81. The molecule has 1 aliphatic carbocycles. The van der Waals surface area contributed by atoms with Crippen molar-refractivity contribution in [3.63, 3.8) is 0 Å². The molecule has 3 rings (SSSR count). The lowest BCUT2D eigenvalue weighted by atomic mass is 10.1. The lowest BCUT2D eigenvalue weighted by Gasteiger charge is -2.27. The highest BCUT2D eigenvalue weighted by Gasteiger charge is 2.47. The van der Waals surface area contributed by atoms with E-state index >= 15 is 0 Å². The fraction of sp³-hybridized carbons (Fsp3) is 0.455. The Morgan fingerprint density at radius 2 is 2.23 bits per heavy atom. The number of fused-ring (bicyclic) bond motifs is 1. The highest BCUT2D eigenvalue weighted by Crippen LogP contribution is 2.45. The third-order valence-electron chi connectivity index (χ3n) is 2.87. The van der Waals surface area contributed by atoms with Gasteiger partial charge in [-0.2, -0.15) is 0 Å². The zero-order valence-corrected chi connectivity index (χ0v) is 7.76. The SMILES string of the molecule is Cc1ccc2c(c1)NCC1(CC1)O2. The highest BCUT2D eigenvalue weighted by atomic mass is 16.5. The topological polar surface area (TPSA) is 21.3 Å². The molecule has 0 unspecified atom stereocenters. The van der Waals surface area contributed by atoms with Crippen molar-refractivity contribution in [2.75, 3.05) is 11.9 Å². The minimum atomic E-state index is 0.155. The first-order valence-electron chi connectivity index (χ1n) is 4.81. The van der Waals surface area contributed by atoms with Gasteiger partial charge in [0.2, 0.25) is 0 Å². The summed E-state index contributed by atoms with van der Waals surface area (Å²) in [6.45, 7) is 3.08. The van der Waals surface area contributed by atoms with E-state index in [-0.39, 0.29) is 5.60 Å². The van der Waals surface area contributed by atoms with E-state index in [0.717, 1.165) is 18.0 Å². The molecule has 0 radical (unpaired) electrons. The average Bonchev–Trinajstić information content (AvgIpc) is 2.87. The van der Waals surface area contributed by atoms with Gasteiger partial charge in [-0.25, -0.2) is 0 Å². The summed E-state index contributed by atoms with van der Waals surface area (Å²) in [5, 5.41) is 3.43. The number of aryl methyl sites for hydroxylation is 1. The van der Waals surface area contributed by atoms with Crippen molar-refractivity contribution in [2.45, 2.75) is 25.4 Å². The minimum Gasteiger partial charge on any atom is -0.483 e. The summed E-state index contributed by atoms with van der Waals surface area (Å²) in [6, 6.07) is 6.31. The number of rotatable bonds is 0. The van der Waals surface area contributed by atoms with Crippen LogP contribution in [0.5, 0.6) is 5.75 Å². The second kappa shape index (κ2) is 2.19. The van der Waals surface area contributed by atoms with E-state index in [2.05, 4.69) is 30.4 Å². The molecule has 0 saturated heterocycles. The van der Waals surface area contributed by atoms with Crippen molar-refractivity contribution in [1.82, 2.24) is 0 Å². The zero-order chi connectivity index (χ0) is 8.89. The van der Waals surface area contributed by atoms with Crippen LogP contribution in [0.1, 0.15) is 18.4 Å². The standard InChI is InChI=1S/C11H13NO/c1-8-2-3-10-9(6-8)12-7-11(13-10)4-5-11/h2-3,6,12H,4-5,7H2,1H3. The third-order valence-corrected chi connectivity index (χ3v) is 2.87. The molecule has 13 heavy (non-hydrogen) atoms. The number of nitrogens with one attached hydrogen (secondary N) is 1. The Bertz CT molecular complexity index is 355. The summed E-state index contributed by atoms with van der Waals surface area (Å²) in [6.07, 6.45) is 2.40. The van der Waals surface area contributed by atoms with Gasteiger partial charge < -0.3 is 10.1 Å². The van der Waals surface area contributed by atoms with Crippen LogP contribution in [-0.2, 0) is 0 Å². The molecule has 1 aliphatic heterocycles. The van der Waals surface area contributed by atoms with Gasteiger partial charge in [-0.1, -0.05) is 6.07 Å². The van der Waals surface area contributed by atoms with Crippen LogP contribution in [-0.4, -0.2) is 12.1 Å².